The van der Waals surface area contributed by atoms with Gasteiger partial charge in [-0.1, -0.05) is 0 Å². The number of likely N-dealkylation sites (N-methyl/N-ethyl adjacent to an activating group) is 1. The number of hydrogen-bond acceptors (Lipinski definition) is 4. The molecule has 2 rings (SSSR count). The van der Waals surface area contributed by atoms with E-state index in [-0.39, 0.29) is 18.1 Å². The Kier molecular flexibility index (Phi) is 4.73. The van der Waals surface area contributed by atoms with E-state index in [0.717, 1.165) is 0 Å². The number of carboxylic acid groups (broad SMARTS) is 1. The smallest absolute Gasteiger partial charge is 0.329 e. The van der Waals surface area contributed by atoms with Crippen molar-refractivity contribution in [1.29, 1.82) is 0 Å². The van der Waals surface area contributed by atoms with E-state index < -0.39 is 11.5 Å². The molecule has 2 amide bonds. The number of nitrogens with zero attached hydrogens (tertiary/aromatic N) is 2. The molecule has 0 saturated carbocycles. The van der Waals surface area contributed by atoms with Gasteiger partial charge < -0.3 is 20.1 Å². The van der Waals surface area contributed by atoms with Gasteiger partial charge in [-0.25, -0.2) is 9.59 Å². The Labute approximate surface area is 125 Å². The summed E-state index contributed by atoms with van der Waals surface area (Å²) in [6.07, 6.45) is 0.625. The quantitative estimate of drug-likeness (QED) is 0.769. The van der Waals surface area contributed by atoms with E-state index >= 15 is 0 Å². The lowest BCUT2D eigenvalue weighted by Crippen LogP contribution is -2.64. The van der Waals surface area contributed by atoms with E-state index in [2.05, 4.69) is 24.1 Å². The third-order valence-electron chi connectivity index (χ3n) is 4.75. The van der Waals surface area contributed by atoms with Crippen molar-refractivity contribution in [3.8, 4) is 0 Å². The first kappa shape index (κ1) is 16.0. The summed E-state index contributed by atoms with van der Waals surface area (Å²) in [5, 5.41) is 12.2. The van der Waals surface area contributed by atoms with Crippen LogP contribution in [0.2, 0.25) is 0 Å². The zero-order chi connectivity index (χ0) is 15.6. The Bertz CT molecular complexity index is 397. The summed E-state index contributed by atoms with van der Waals surface area (Å²) in [5.74, 6) is -0.977. The number of carbonyl (C=O) groups is 2. The van der Waals surface area contributed by atoms with Gasteiger partial charge in [0, 0.05) is 51.2 Å². The molecule has 7 heteroatoms. The average Bonchev–Trinajstić information content (AvgIpc) is 2.45. The van der Waals surface area contributed by atoms with Crippen LogP contribution in [0.5, 0.6) is 0 Å². The summed E-state index contributed by atoms with van der Waals surface area (Å²) in [5.41, 5.74) is -1.19. The fourth-order valence-corrected chi connectivity index (χ4v) is 2.97. The van der Waals surface area contributed by atoms with Crippen molar-refractivity contribution in [3.63, 3.8) is 0 Å². The molecule has 2 unspecified atom stereocenters. The highest BCUT2D eigenvalue weighted by atomic mass is 16.5. The molecule has 0 aromatic carbocycles. The number of urea groups is 1. The van der Waals surface area contributed by atoms with Crippen molar-refractivity contribution in [3.05, 3.63) is 0 Å². The Balaban J connectivity index is 2.04. The fraction of sp³-hybridized carbons (Fsp3) is 0.857. The first-order chi connectivity index (χ1) is 9.85. The van der Waals surface area contributed by atoms with Crippen molar-refractivity contribution in [1.82, 2.24) is 15.1 Å². The molecule has 2 aliphatic heterocycles. The number of nitrogens with one attached hydrogen (secondary N) is 1. The predicted molar refractivity (Wildman–Crippen MR) is 77.2 cm³/mol. The second-order valence-electron chi connectivity index (χ2n) is 6.20. The van der Waals surface area contributed by atoms with Crippen molar-refractivity contribution in [2.24, 2.45) is 0 Å². The van der Waals surface area contributed by atoms with Crippen molar-refractivity contribution < 1.29 is 19.4 Å². The molecule has 21 heavy (non-hydrogen) atoms. The zero-order valence-electron chi connectivity index (χ0n) is 13.0. The minimum atomic E-state index is -1.19. The molecule has 2 heterocycles. The summed E-state index contributed by atoms with van der Waals surface area (Å²) in [6, 6.07) is 0.232. The van der Waals surface area contributed by atoms with Crippen molar-refractivity contribution in [2.75, 3.05) is 33.4 Å². The highest BCUT2D eigenvalue weighted by molar-refractivity contribution is 5.86. The number of carbonyl (C=O) groups excluding carboxylic acids is 1. The molecule has 120 valence electrons. The lowest BCUT2D eigenvalue weighted by atomic mass is 9.90. The van der Waals surface area contributed by atoms with Crippen LogP contribution >= 0.6 is 0 Å². The molecule has 0 bridgehead atoms. The van der Waals surface area contributed by atoms with Gasteiger partial charge in [-0.05, 0) is 20.9 Å². The molecule has 2 atom stereocenters. The van der Waals surface area contributed by atoms with Crippen LogP contribution in [0.4, 0.5) is 4.79 Å². The lowest BCUT2D eigenvalue weighted by Gasteiger charge is -2.44. The van der Waals surface area contributed by atoms with Crippen LogP contribution in [0.25, 0.3) is 0 Å². The van der Waals surface area contributed by atoms with E-state index in [0.29, 0.717) is 39.1 Å². The minimum absolute atomic E-state index is 0.259. The van der Waals surface area contributed by atoms with Gasteiger partial charge in [0.05, 0.1) is 0 Å². The van der Waals surface area contributed by atoms with Gasteiger partial charge in [0.25, 0.3) is 0 Å². The summed E-state index contributed by atoms with van der Waals surface area (Å²) >= 11 is 0. The predicted octanol–water partition coefficient (Wildman–Crippen LogP) is 0.354. The molecule has 0 spiro atoms. The molecule has 7 nitrogen and oxygen atoms in total. The number of piperazine rings is 1. The van der Waals surface area contributed by atoms with Crippen LogP contribution in [-0.4, -0.2) is 77.9 Å². The van der Waals surface area contributed by atoms with Crippen LogP contribution in [0, 0.1) is 0 Å². The van der Waals surface area contributed by atoms with E-state index in [1.54, 1.807) is 4.90 Å². The maximum atomic E-state index is 12.5. The fourth-order valence-electron chi connectivity index (χ4n) is 2.97. The number of rotatable bonds is 2. The second-order valence-corrected chi connectivity index (χ2v) is 6.20. The first-order valence-corrected chi connectivity index (χ1v) is 7.46. The second kappa shape index (κ2) is 6.19. The summed E-state index contributed by atoms with van der Waals surface area (Å²) in [6.45, 7) is 6.08. The number of carboxylic acids is 1. The molecule has 0 aromatic rings. The summed E-state index contributed by atoms with van der Waals surface area (Å²) < 4.78 is 5.22. The van der Waals surface area contributed by atoms with Gasteiger partial charge in [-0.2, -0.15) is 0 Å². The van der Waals surface area contributed by atoms with E-state index in [1.165, 1.54) is 0 Å². The Morgan fingerprint density at radius 3 is 2.19 bits per heavy atom. The van der Waals surface area contributed by atoms with Gasteiger partial charge >= 0.3 is 12.0 Å². The molecule has 2 saturated heterocycles. The van der Waals surface area contributed by atoms with Gasteiger partial charge in [0.1, 0.15) is 5.54 Å². The normalized spacial score (nSPS) is 30.0. The van der Waals surface area contributed by atoms with Crippen molar-refractivity contribution >= 4 is 12.0 Å². The molecule has 0 radical (unpaired) electrons. The molecule has 0 aromatic heterocycles. The van der Waals surface area contributed by atoms with Gasteiger partial charge in [-0.15, -0.1) is 0 Å². The third kappa shape index (κ3) is 3.29. The van der Waals surface area contributed by atoms with Gasteiger partial charge in [-0.3, -0.25) is 4.90 Å². The van der Waals surface area contributed by atoms with Gasteiger partial charge in [0.15, 0.2) is 0 Å². The van der Waals surface area contributed by atoms with Crippen molar-refractivity contribution in [2.45, 2.75) is 44.3 Å². The Morgan fingerprint density at radius 2 is 1.71 bits per heavy atom. The monoisotopic (exact) mass is 299 g/mol. The van der Waals surface area contributed by atoms with E-state index in [1.807, 2.05) is 7.05 Å². The SMILES string of the molecule is CC1CN(C(=O)NC2(C(=O)O)CCOCC2)CC(C)N1C. The van der Waals surface area contributed by atoms with Crippen LogP contribution in [0.15, 0.2) is 0 Å². The Morgan fingerprint density at radius 1 is 1.19 bits per heavy atom. The van der Waals surface area contributed by atoms with Crippen LogP contribution in [0.3, 0.4) is 0 Å². The van der Waals surface area contributed by atoms with E-state index in [9.17, 15) is 14.7 Å². The van der Waals surface area contributed by atoms with E-state index in [4.69, 9.17) is 4.74 Å². The highest BCUT2D eigenvalue weighted by Crippen LogP contribution is 2.22. The summed E-state index contributed by atoms with van der Waals surface area (Å²) in [7, 11) is 2.04. The third-order valence-corrected chi connectivity index (χ3v) is 4.75. The molecule has 2 aliphatic rings. The molecule has 2 N–H and O–H groups in total. The number of hydrogen-bond donors (Lipinski definition) is 2. The topological polar surface area (TPSA) is 82.1 Å². The van der Waals surface area contributed by atoms with Crippen LogP contribution < -0.4 is 5.32 Å². The molecule has 0 aliphatic carbocycles. The van der Waals surface area contributed by atoms with Gasteiger partial charge in [0.2, 0.25) is 0 Å². The number of ether oxygens (including phenoxy) is 1. The summed E-state index contributed by atoms with van der Waals surface area (Å²) in [4.78, 5) is 28.0. The minimum Gasteiger partial charge on any atom is -0.480 e. The Hall–Kier alpha value is -1.34. The average molecular weight is 299 g/mol. The molecular formula is C14H25N3O4. The largest absolute Gasteiger partial charge is 0.480 e. The number of aliphatic carboxylic acids is 1. The first-order valence-electron chi connectivity index (χ1n) is 7.46. The van der Waals surface area contributed by atoms with Crippen LogP contribution in [0.1, 0.15) is 26.7 Å². The highest BCUT2D eigenvalue weighted by Gasteiger charge is 2.43. The molecule has 2 fully saturated rings. The standard InChI is InChI=1S/C14H25N3O4/c1-10-8-17(9-11(2)16(10)3)13(20)15-14(12(18)19)4-6-21-7-5-14/h10-11H,4-9H2,1-3H3,(H,15,20)(H,18,19). The lowest BCUT2D eigenvalue weighted by molar-refractivity contribution is -0.148. The zero-order valence-corrected chi connectivity index (χ0v) is 13.0. The molecular weight excluding hydrogens is 274 g/mol. The van der Waals surface area contributed by atoms with Crippen LogP contribution in [-0.2, 0) is 9.53 Å². The maximum absolute atomic E-state index is 12.5. The number of amides is 2. The maximum Gasteiger partial charge on any atom is 0.329 e.